The van der Waals surface area contributed by atoms with E-state index in [2.05, 4.69) is 26.1 Å². The van der Waals surface area contributed by atoms with Crippen molar-refractivity contribution < 1.29 is 23.9 Å². The van der Waals surface area contributed by atoms with Crippen molar-refractivity contribution in [2.45, 2.75) is 52.5 Å². The molecule has 0 fully saturated rings. The van der Waals surface area contributed by atoms with Crippen LogP contribution in [-0.2, 0) is 24.5 Å². The lowest BCUT2D eigenvalue weighted by Gasteiger charge is -2.21. The average Bonchev–Trinajstić information content (AvgIpc) is 2.62. The Morgan fingerprint density at radius 3 is 2.15 bits per heavy atom. The first-order valence-electron chi connectivity index (χ1n) is 8.75. The quantitative estimate of drug-likeness (QED) is 0.753. The summed E-state index contributed by atoms with van der Waals surface area (Å²) < 4.78 is 9.75. The number of carbonyl (C=O) groups is 3. The average molecular weight is 363 g/mol. The lowest BCUT2D eigenvalue weighted by atomic mass is 9.87. The molecule has 0 bridgehead atoms. The van der Waals surface area contributed by atoms with Crippen LogP contribution in [0.15, 0.2) is 24.3 Å². The molecule has 0 spiro atoms. The summed E-state index contributed by atoms with van der Waals surface area (Å²) in [6.07, 6.45) is 0.694. The van der Waals surface area contributed by atoms with Crippen LogP contribution in [0.2, 0.25) is 0 Å². The van der Waals surface area contributed by atoms with Crippen molar-refractivity contribution in [3.63, 3.8) is 0 Å². The second-order valence-electron chi connectivity index (χ2n) is 7.36. The fraction of sp³-hybridized carbons (Fsp3) is 0.550. The molecule has 2 atom stereocenters. The van der Waals surface area contributed by atoms with Crippen LogP contribution in [-0.4, -0.2) is 37.6 Å². The fourth-order valence-corrected chi connectivity index (χ4v) is 2.33. The summed E-state index contributed by atoms with van der Waals surface area (Å²) >= 11 is 0. The largest absolute Gasteiger partial charge is 0.467 e. The van der Waals surface area contributed by atoms with Gasteiger partial charge in [0.05, 0.1) is 12.7 Å². The van der Waals surface area contributed by atoms with Gasteiger partial charge in [-0.3, -0.25) is 4.79 Å². The summed E-state index contributed by atoms with van der Waals surface area (Å²) in [5.41, 5.74) is 1.46. The molecule has 0 aliphatic rings. The summed E-state index contributed by atoms with van der Waals surface area (Å²) in [5.74, 6) is -1.73. The van der Waals surface area contributed by atoms with E-state index >= 15 is 0 Å². The minimum absolute atomic E-state index is 0.0127. The summed E-state index contributed by atoms with van der Waals surface area (Å²) in [4.78, 5) is 35.9. The van der Waals surface area contributed by atoms with Gasteiger partial charge in [-0.1, -0.05) is 53.2 Å². The lowest BCUT2D eigenvalue weighted by molar-refractivity contribution is -0.147. The van der Waals surface area contributed by atoms with Crippen LogP contribution in [0.25, 0.3) is 0 Å². The molecule has 6 heteroatoms. The fourth-order valence-electron chi connectivity index (χ4n) is 2.33. The molecule has 0 heterocycles. The molecule has 1 N–H and O–H groups in total. The third-order valence-corrected chi connectivity index (χ3v) is 4.31. The number of esters is 2. The van der Waals surface area contributed by atoms with Crippen molar-refractivity contribution in [2.24, 2.45) is 5.92 Å². The van der Waals surface area contributed by atoms with E-state index in [0.717, 1.165) is 5.56 Å². The number of rotatable bonds is 7. The highest BCUT2D eigenvalue weighted by molar-refractivity contribution is 5.92. The van der Waals surface area contributed by atoms with E-state index in [1.807, 2.05) is 26.0 Å². The third kappa shape index (κ3) is 6.17. The molecule has 1 rings (SSSR count). The number of ether oxygens (including phenoxy) is 2. The SMILES string of the molecule is CC[C@H](C)[C@@H](NC(=O)COC(=O)c1ccc(C(C)(C)C)cc1)C(=O)OC. The summed E-state index contributed by atoms with van der Waals surface area (Å²) in [6.45, 7) is 9.54. The lowest BCUT2D eigenvalue weighted by Crippen LogP contribution is -2.47. The molecule has 26 heavy (non-hydrogen) atoms. The first-order chi connectivity index (χ1) is 12.1. The highest BCUT2D eigenvalue weighted by Gasteiger charge is 2.27. The molecule has 144 valence electrons. The summed E-state index contributed by atoms with van der Waals surface area (Å²) in [6, 6.07) is 6.33. The molecule has 0 aromatic heterocycles. The van der Waals surface area contributed by atoms with Gasteiger partial charge in [-0.15, -0.1) is 0 Å². The molecule has 0 saturated carbocycles. The zero-order valence-electron chi connectivity index (χ0n) is 16.4. The van der Waals surface area contributed by atoms with Gasteiger partial charge in [-0.2, -0.15) is 0 Å². The molecule has 0 aliphatic heterocycles. The van der Waals surface area contributed by atoms with Gasteiger partial charge in [0.2, 0.25) is 0 Å². The predicted molar refractivity (Wildman–Crippen MR) is 98.8 cm³/mol. The van der Waals surface area contributed by atoms with Crippen LogP contribution in [0.4, 0.5) is 0 Å². The zero-order chi connectivity index (χ0) is 19.9. The Kier molecular flexibility index (Phi) is 7.80. The molecular formula is C20H29NO5. The van der Waals surface area contributed by atoms with Crippen molar-refractivity contribution in [2.75, 3.05) is 13.7 Å². The molecule has 0 saturated heterocycles. The molecule has 1 aromatic carbocycles. The third-order valence-electron chi connectivity index (χ3n) is 4.31. The maximum atomic E-state index is 12.1. The van der Waals surface area contributed by atoms with Crippen LogP contribution in [0.1, 0.15) is 57.0 Å². The van der Waals surface area contributed by atoms with E-state index in [1.54, 1.807) is 12.1 Å². The minimum atomic E-state index is -0.762. The van der Waals surface area contributed by atoms with Crippen molar-refractivity contribution in [1.82, 2.24) is 5.32 Å². The van der Waals surface area contributed by atoms with Crippen LogP contribution in [0.3, 0.4) is 0 Å². The maximum absolute atomic E-state index is 12.1. The van der Waals surface area contributed by atoms with Crippen molar-refractivity contribution in [3.05, 3.63) is 35.4 Å². The Morgan fingerprint density at radius 2 is 1.69 bits per heavy atom. The highest BCUT2D eigenvalue weighted by atomic mass is 16.5. The molecule has 6 nitrogen and oxygen atoms in total. The van der Waals surface area contributed by atoms with Gasteiger partial charge in [0.15, 0.2) is 6.61 Å². The number of methoxy groups -OCH3 is 1. The van der Waals surface area contributed by atoms with Gasteiger partial charge in [0, 0.05) is 0 Å². The van der Waals surface area contributed by atoms with E-state index in [9.17, 15) is 14.4 Å². The van der Waals surface area contributed by atoms with E-state index in [4.69, 9.17) is 9.47 Å². The molecule has 0 unspecified atom stereocenters. The molecular weight excluding hydrogens is 334 g/mol. The molecule has 1 amide bonds. The van der Waals surface area contributed by atoms with E-state index in [-0.39, 0.29) is 11.3 Å². The minimum Gasteiger partial charge on any atom is -0.467 e. The van der Waals surface area contributed by atoms with Crippen molar-refractivity contribution >= 4 is 17.8 Å². The van der Waals surface area contributed by atoms with Crippen LogP contribution < -0.4 is 5.32 Å². The van der Waals surface area contributed by atoms with Gasteiger partial charge in [-0.25, -0.2) is 9.59 Å². The molecule has 0 radical (unpaired) electrons. The monoisotopic (exact) mass is 363 g/mol. The molecule has 1 aromatic rings. The van der Waals surface area contributed by atoms with Crippen molar-refractivity contribution in [3.8, 4) is 0 Å². The topological polar surface area (TPSA) is 81.7 Å². The first kappa shape index (κ1) is 21.7. The highest BCUT2D eigenvalue weighted by Crippen LogP contribution is 2.22. The Labute approximate surface area is 155 Å². The van der Waals surface area contributed by atoms with Gasteiger partial charge in [0.1, 0.15) is 6.04 Å². The smallest absolute Gasteiger partial charge is 0.338 e. The van der Waals surface area contributed by atoms with E-state index in [1.165, 1.54) is 7.11 Å². The first-order valence-corrected chi connectivity index (χ1v) is 8.75. The predicted octanol–water partition coefficient (Wildman–Crippen LogP) is 2.84. The Balaban J connectivity index is 2.63. The number of hydrogen-bond acceptors (Lipinski definition) is 5. The van der Waals surface area contributed by atoms with Gasteiger partial charge in [-0.05, 0) is 29.0 Å². The van der Waals surface area contributed by atoms with Crippen LogP contribution in [0.5, 0.6) is 0 Å². The summed E-state index contributed by atoms with van der Waals surface area (Å²) in [5, 5.41) is 2.56. The zero-order valence-corrected chi connectivity index (χ0v) is 16.4. The van der Waals surface area contributed by atoms with Gasteiger partial charge < -0.3 is 14.8 Å². The summed E-state index contributed by atoms with van der Waals surface area (Å²) in [7, 11) is 1.27. The Bertz CT molecular complexity index is 631. The van der Waals surface area contributed by atoms with Crippen molar-refractivity contribution in [1.29, 1.82) is 0 Å². The van der Waals surface area contributed by atoms with Gasteiger partial charge in [0.25, 0.3) is 5.91 Å². The number of amides is 1. The maximum Gasteiger partial charge on any atom is 0.338 e. The van der Waals surface area contributed by atoms with E-state index in [0.29, 0.717) is 12.0 Å². The number of benzene rings is 1. The standard InChI is InChI=1S/C20H29NO5/c1-7-13(2)17(19(24)25-6)21-16(22)12-26-18(23)14-8-10-15(11-9-14)20(3,4)5/h8-11,13,17H,7,12H2,1-6H3,(H,21,22)/t13-,17+/m0/s1. The van der Waals surface area contributed by atoms with E-state index < -0.39 is 30.5 Å². The molecule has 0 aliphatic carbocycles. The number of nitrogens with one attached hydrogen (secondary N) is 1. The second kappa shape index (κ2) is 9.36. The number of hydrogen-bond donors (Lipinski definition) is 1. The Morgan fingerprint density at radius 1 is 1.12 bits per heavy atom. The van der Waals surface area contributed by atoms with Crippen LogP contribution in [0, 0.1) is 5.92 Å². The van der Waals surface area contributed by atoms with Gasteiger partial charge >= 0.3 is 11.9 Å². The Hall–Kier alpha value is -2.37. The number of carbonyl (C=O) groups excluding carboxylic acids is 3. The van der Waals surface area contributed by atoms with Crippen LogP contribution >= 0.6 is 0 Å². The normalized spacial score (nSPS) is 13.5. The second-order valence-corrected chi connectivity index (χ2v) is 7.36.